The SMILES string of the molecule is O=C(C=Cc1cccc2ccccc12)NC(=S)Nc1ccc(S(=O)(=O)N2CCCCCC2)cc1. The molecule has 34 heavy (non-hydrogen) atoms. The lowest BCUT2D eigenvalue weighted by molar-refractivity contribution is -0.115. The number of sulfonamides is 1. The van der Waals surface area contributed by atoms with Gasteiger partial charge in [-0.05, 0) is 71.7 Å². The molecule has 176 valence electrons. The summed E-state index contributed by atoms with van der Waals surface area (Å²) >= 11 is 5.24. The van der Waals surface area contributed by atoms with Crippen LogP contribution in [0, 0.1) is 0 Å². The summed E-state index contributed by atoms with van der Waals surface area (Å²) in [5, 5.41) is 7.84. The number of benzene rings is 3. The highest BCUT2D eigenvalue weighted by Gasteiger charge is 2.24. The van der Waals surface area contributed by atoms with Crippen molar-refractivity contribution in [2.24, 2.45) is 0 Å². The molecule has 1 fully saturated rings. The van der Waals surface area contributed by atoms with E-state index in [2.05, 4.69) is 10.6 Å². The van der Waals surface area contributed by atoms with E-state index >= 15 is 0 Å². The molecular formula is C26H27N3O3S2. The van der Waals surface area contributed by atoms with E-state index < -0.39 is 10.0 Å². The van der Waals surface area contributed by atoms with Crippen LogP contribution >= 0.6 is 12.2 Å². The van der Waals surface area contributed by atoms with Crippen molar-refractivity contribution < 1.29 is 13.2 Å². The van der Waals surface area contributed by atoms with Gasteiger partial charge in [0.15, 0.2) is 5.11 Å². The van der Waals surface area contributed by atoms with Gasteiger partial charge in [-0.15, -0.1) is 0 Å². The smallest absolute Gasteiger partial charge is 0.250 e. The lowest BCUT2D eigenvalue weighted by atomic mass is 10.0. The molecule has 1 saturated heterocycles. The molecule has 4 rings (SSSR count). The fraction of sp³-hybridized carbons (Fsp3) is 0.231. The van der Waals surface area contributed by atoms with E-state index in [1.165, 1.54) is 6.08 Å². The minimum atomic E-state index is -3.51. The minimum absolute atomic E-state index is 0.135. The van der Waals surface area contributed by atoms with Crippen LogP contribution in [0.15, 0.2) is 77.7 Å². The Labute approximate surface area is 205 Å². The fourth-order valence-corrected chi connectivity index (χ4v) is 5.75. The molecule has 0 radical (unpaired) electrons. The summed E-state index contributed by atoms with van der Waals surface area (Å²) in [7, 11) is -3.51. The van der Waals surface area contributed by atoms with E-state index in [0.717, 1.165) is 42.0 Å². The number of nitrogens with one attached hydrogen (secondary N) is 2. The second-order valence-corrected chi connectivity index (χ2v) is 10.5. The summed E-state index contributed by atoms with van der Waals surface area (Å²) in [4.78, 5) is 12.6. The van der Waals surface area contributed by atoms with Gasteiger partial charge in [0.25, 0.3) is 0 Å². The molecule has 2 N–H and O–H groups in total. The zero-order valence-electron chi connectivity index (χ0n) is 18.7. The number of amides is 1. The summed E-state index contributed by atoms with van der Waals surface area (Å²) < 4.78 is 27.4. The van der Waals surface area contributed by atoms with E-state index in [1.807, 2.05) is 42.5 Å². The quantitative estimate of drug-likeness (QED) is 0.389. The van der Waals surface area contributed by atoms with Gasteiger partial charge in [-0.2, -0.15) is 4.31 Å². The average Bonchev–Trinajstić information content (AvgIpc) is 3.13. The van der Waals surface area contributed by atoms with Crippen molar-refractivity contribution in [1.82, 2.24) is 9.62 Å². The monoisotopic (exact) mass is 493 g/mol. The molecular weight excluding hydrogens is 466 g/mol. The van der Waals surface area contributed by atoms with Crippen LogP contribution in [0.3, 0.4) is 0 Å². The summed E-state index contributed by atoms with van der Waals surface area (Å²) in [6, 6.07) is 20.3. The van der Waals surface area contributed by atoms with Crippen molar-refractivity contribution in [3.63, 3.8) is 0 Å². The van der Waals surface area contributed by atoms with Crippen LogP contribution in [0.2, 0.25) is 0 Å². The van der Waals surface area contributed by atoms with Crippen LogP contribution in [-0.2, 0) is 14.8 Å². The molecule has 0 atom stereocenters. The lowest BCUT2D eigenvalue weighted by Crippen LogP contribution is -2.33. The number of hydrogen-bond donors (Lipinski definition) is 2. The highest BCUT2D eigenvalue weighted by molar-refractivity contribution is 7.89. The number of carbonyl (C=O) groups excluding carboxylic acids is 1. The van der Waals surface area contributed by atoms with Gasteiger partial charge in [-0.25, -0.2) is 8.42 Å². The molecule has 3 aromatic rings. The molecule has 0 bridgehead atoms. The highest BCUT2D eigenvalue weighted by atomic mass is 32.2. The molecule has 8 heteroatoms. The average molecular weight is 494 g/mol. The van der Waals surface area contributed by atoms with Gasteiger partial charge < -0.3 is 5.32 Å². The Morgan fingerprint density at radius 3 is 2.29 bits per heavy atom. The van der Waals surface area contributed by atoms with Crippen LogP contribution in [0.25, 0.3) is 16.8 Å². The van der Waals surface area contributed by atoms with Crippen LogP contribution in [0.5, 0.6) is 0 Å². The predicted molar refractivity (Wildman–Crippen MR) is 141 cm³/mol. The molecule has 0 unspecified atom stereocenters. The fourth-order valence-electron chi connectivity index (χ4n) is 4.02. The van der Waals surface area contributed by atoms with Crippen molar-refractivity contribution >= 4 is 55.8 Å². The predicted octanol–water partition coefficient (Wildman–Crippen LogP) is 4.93. The van der Waals surface area contributed by atoms with Gasteiger partial charge in [-0.3, -0.25) is 10.1 Å². The first-order chi connectivity index (χ1) is 16.4. The Kier molecular flexibility index (Phi) is 7.72. The zero-order valence-corrected chi connectivity index (χ0v) is 20.4. The van der Waals surface area contributed by atoms with Crippen molar-refractivity contribution in [3.05, 3.63) is 78.4 Å². The maximum atomic E-state index is 12.9. The van der Waals surface area contributed by atoms with Gasteiger partial charge >= 0.3 is 0 Å². The largest absolute Gasteiger partial charge is 0.332 e. The maximum Gasteiger partial charge on any atom is 0.250 e. The van der Waals surface area contributed by atoms with Crippen molar-refractivity contribution in [2.45, 2.75) is 30.6 Å². The van der Waals surface area contributed by atoms with Crippen LogP contribution in [-0.4, -0.2) is 36.8 Å². The van der Waals surface area contributed by atoms with Crippen LogP contribution < -0.4 is 10.6 Å². The van der Waals surface area contributed by atoms with Crippen molar-refractivity contribution in [3.8, 4) is 0 Å². The summed E-state index contributed by atoms with van der Waals surface area (Å²) in [5.41, 5.74) is 1.53. The molecule has 0 spiro atoms. The molecule has 6 nitrogen and oxygen atoms in total. The number of fused-ring (bicyclic) bond motifs is 1. The topological polar surface area (TPSA) is 78.5 Å². The number of carbonyl (C=O) groups is 1. The van der Waals surface area contributed by atoms with Gasteiger partial charge in [-0.1, -0.05) is 55.3 Å². The standard InChI is InChI=1S/C26H27N3O3S2/c30-25(17-12-21-10-7-9-20-8-3-4-11-24(20)21)28-26(33)27-22-13-15-23(16-14-22)34(31,32)29-18-5-1-2-6-19-29/h3-4,7-17H,1-2,5-6,18-19H2,(H2,27,28,30,33). The van der Waals surface area contributed by atoms with E-state index in [4.69, 9.17) is 12.2 Å². The number of thiocarbonyl (C=S) groups is 1. The molecule has 3 aromatic carbocycles. The van der Waals surface area contributed by atoms with E-state index in [0.29, 0.717) is 18.8 Å². The van der Waals surface area contributed by atoms with Gasteiger partial charge in [0.1, 0.15) is 0 Å². The molecule has 1 heterocycles. The maximum absolute atomic E-state index is 12.9. The van der Waals surface area contributed by atoms with Gasteiger partial charge in [0.05, 0.1) is 4.90 Å². The van der Waals surface area contributed by atoms with Gasteiger partial charge in [0, 0.05) is 24.9 Å². The van der Waals surface area contributed by atoms with E-state index in [1.54, 1.807) is 34.6 Å². The Morgan fingerprint density at radius 1 is 0.882 bits per heavy atom. The molecule has 1 amide bonds. The third kappa shape index (κ3) is 5.88. The molecule has 1 aliphatic rings. The molecule has 0 saturated carbocycles. The first kappa shape index (κ1) is 24.1. The van der Waals surface area contributed by atoms with Crippen molar-refractivity contribution in [1.29, 1.82) is 0 Å². The third-order valence-corrected chi connectivity index (χ3v) is 7.91. The lowest BCUT2D eigenvalue weighted by Gasteiger charge is -2.20. The Hall–Kier alpha value is -3.07. The Balaban J connectivity index is 1.35. The second-order valence-electron chi connectivity index (χ2n) is 8.19. The summed E-state index contributed by atoms with van der Waals surface area (Å²) in [6.07, 6.45) is 7.10. The first-order valence-electron chi connectivity index (χ1n) is 11.3. The van der Waals surface area contributed by atoms with E-state index in [-0.39, 0.29) is 15.9 Å². The summed E-state index contributed by atoms with van der Waals surface area (Å²) in [5.74, 6) is -0.356. The highest BCUT2D eigenvalue weighted by Crippen LogP contribution is 2.22. The summed E-state index contributed by atoms with van der Waals surface area (Å²) in [6.45, 7) is 1.12. The number of nitrogens with zero attached hydrogens (tertiary/aromatic N) is 1. The molecule has 0 aliphatic carbocycles. The third-order valence-electron chi connectivity index (χ3n) is 5.79. The second kappa shape index (κ2) is 10.9. The minimum Gasteiger partial charge on any atom is -0.332 e. The van der Waals surface area contributed by atoms with Crippen LogP contribution in [0.4, 0.5) is 5.69 Å². The Morgan fingerprint density at radius 2 is 1.56 bits per heavy atom. The first-order valence-corrected chi connectivity index (χ1v) is 13.2. The van der Waals surface area contributed by atoms with Crippen molar-refractivity contribution in [2.75, 3.05) is 18.4 Å². The molecule has 1 aliphatic heterocycles. The number of anilines is 1. The zero-order chi connectivity index (χ0) is 24.0. The van der Waals surface area contributed by atoms with Gasteiger partial charge in [0.2, 0.25) is 15.9 Å². The molecule has 0 aromatic heterocycles. The normalized spacial score (nSPS) is 15.2. The van der Waals surface area contributed by atoms with Crippen LogP contribution in [0.1, 0.15) is 31.2 Å². The number of rotatable bonds is 5. The Bertz CT molecular complexity index is 1310. The van der Waals surface area contributed by atoms with E-state index in [9.17, 15) is 13.2 Å². The number of hydrogen-bond acceptors (Lipinski definition) is 4.